The molecule has 0 aromatic carbocycles. The fraction of sp³-hybridized carbons (Fsp3) is 0.571. The van der Waals surface area contributed by atoms with Crippen LogP contribution >= 0.6 is 0 Å². The Morgan fingerprint density at radius 2 is 2.37 bits per heavy atom. The number of ether oxygens (including phenoxy) is 1. The van der Waals surface area contributed by atoms with Gasteiger partial charge in [0.25, 0.3) is 0 Å². The van der Waals surface area contributed by atoms with Crippen molar-refractivity contribution < 1.29 is 9.15 Å². The first-order valence-electron chi connectivity index (χ1n) is 6.96. The van der Waals surface area contributed by atoms with Crippen molar-refractivity contribution in [3.8, 4) is 11.5 Å². The lowest BCUT2D eigenvalue weighted by Gasteiger charge is -2.07. The number of hydrogen-bond acceptors (Lipinski definition) is 4. The molecule has 0 spiro atoms. The molecule has 0 N–H and O–H groups in total. The third-order valence-electron chi connectivity index (χ3n) is 3.36. The Hall–Kier alpha value is -1.62. The van der Waals surface area contributed by atoms with Gasteiger partial charge in [-0.25, -0.2) is 4.68 Å². The van der Waals surface area contributed by atoms with Gasteiger partial charge in [0.1, 0.15) is 11.5 Å². The van der Waals surface area contributed by atoms with Gasteiger partial charge < -0.3 is 9.15 Å². The summed E-state index contributed by atoms with van der Waals surface area (Å²) in [5.74, 6) is 1.80. The van der Waals surface area contributed by atoms with Crippen LogP contribution in [0.2, 0.25) is 0 Å². The molecule has 1 atom stereocenters. The molecule has 0 bridgehead atoms. The summed E-state index contributed by atoms with van der Waals surface area (Å²) >= 11 is 0. The van der Waals surface area contributed by atoms with Crippen molar-refractivity contribution in [3.63, 3.8) is 0 Å². The molecule has 102 valence electrons. The molecule has 1 aliphatic heterocycles. The topological polar surface area (TPSA) is 53.1 Å². The fourth-order valence-electron chi connectivity index (χ4n) is 2.39. The van der Waals surface area contributed by atoms with E-state index in [1.54, 1.807) is 0 Å². The van der Waals surface area contributed by atoms with Crippen LogP contribution in [0.5, 0.6) is 0 Å². The molecule has 19 heavy (non-hydrogen) atoms. The van der Waals surface area contributed by atoms with Crippen LogP contribution in [0.15, 0.2) is 22.7 Å². The molecule has 0 saturated carbocycles. The van der Waals surface area contributed by atoms with Gasteiger partial charge >= 0.3 is 0 Å². The monoisotopic (exact) mass is 261 g/mol. The first kappa shape index (κ1) is 12.4. The van der Waals surface area contributed by atoms with Crippen molar-refractivity contribution >= 4 is 0 Å². The van der Waals surface area contributed by atoms with Crippen molar-refractivity contribution in [1.82, 2.24) is 15.0 Å². The minimum absolute atomic E-state index is 0.279. The molecule has 3 rings (SSSR count). The highest BCUT2D eigenvalue weighted by Gasteiger charge is 2.17. The highest BCUT2D eigenvalue weighted by atomic mass is 16.5. The van der Waals surface area contributed by atoms with E-state index < -0.39 is 0 Å². The summed E-state index contributed by atoms with van der Waals surface area (Å²) in [6.07, 6.45) is 6.50. The second kappa shape index (κ2) is 5.57. The van der Waals surface area contributed by atoms with E-state index in [0.717, 1.165) is 56.0 Å². The molecule has 0 radical (unpaired) electrons. The molecule has 1 saturated heterocycles. The van der Waals surface area contributed by atoms with Crippen molar-refractivity contribution in [1.29, 1.82) is 0 Å². The van der Waals surface area contributed by atoms with Crippen LogP contribution < -0.4 is 0 Å². The molecular weight excluding hydrogens is 242 g/mol. The summed E-state index contributed by atoms with van der Waals surface area (Å²) in [7, 11) is 0. The third-order valence-corrected chi connectivity index (χ3v) is 3.36. The molecule has 0 aliphatic carbocycles. The van der Waals surface area contributed by atoms with Gasteiger partial charge in [-0.1, -0.05) is 12.1 Å². The van der Waals surface area contributed by atoms with E-state index in [2.05, 4.69) is 17.2 Å². The lowest BCUT2D eigenvalue weighted by Crippen LogP contribution is -2.15. The largest absolute Gasteiger partial charge is 0.459 e. The second-order valence-corrected chi connectivity index (χ2v) is 4.98. The van der Waals surface area contributed by atoms with Crippen LogP contribution in [0.4, 0.5) is 0 Å². The third kappa shape index (κ3) is 2.87. The van der Waals surface area contributed by atoms with Crippen molar-refractivity contribution in [2.75, 3.05) is 6.61 Å². The molecule has 2 aromatic rings. The Kier molecular flexibility index (Phi) is 3.64. The van der Waals surface area contributed by atoms with E-state index in [9.17, 15) is 0 Å². The lowest BCUT2D eigenvalue weighted by molar-refractivity contribution is 0.0935. The molecular formula is C14H19N3O2. The summed E-state index contributed by atoms with van der Waals surface area (Å²) in [6, 6.07) is 3.98. The molecule has 1 fully saturated rings. The van der Waals surface area contributed by atoms with Gasteiger partial charge in [-0.2, -0.15) is 0 Å². The first-order chi connectivity index (χ1) is 9.35. The van der Waals surface area contributed by atoms with E-state index in [1.807, 2.05) is 23.0 Å². The number of aromatic nitrogens is 3. The van der Waals surface area contributed by atoms with Gasteiger partial charge in [-0.3, -0.25) is 0 Å². The molecule has 0 amide bonds. The fourth-order valence-corrected chi connectivity index (χ4v) is 2.39. The van der Waals surface area contributed by atoms with Crippen LogP contribution in [0.1, 0.15) is 31.9 Å². The molecule has 1 aliphatic rings. The molecule has 5 nitrogen and oxygen atoms in total. The SMILES string of the molecule is CCCc1ccc(-c2cn(C[C@H]3CCCO3)nn2)o1. The van der Waals surface area contributed by atoms with Gasteiger partial charge in [-0.05, 0) is 31.4 Å². The summed E-state index contributed by atoms with van der Waals surface area (Å²) < 4.78 is 13.2. The van der Waals surface area contributed by atoms with Crippen molar-refractivity contribution in [2.45, 2.75) is 45.3 Å². The summed E-state index contributed by atoms with van der Waals surface area (Å²) in [6.45, 7) is 3.78. The van der Waals surface area contributed by atoms with Crippen molar-refractivity contribution in [2.24, 2.45) is 0 Å². The van der Waals surface area contributed by atoms with Crippen LogP contribution in [-0.4, -0.2) is 27.7 Å². The Morgan fingerprint density at radius 3 is 3.16 bits per heavy atom. The average molecular weight is 261 g/mol. The summed E-state index contributed by atoms with van der Waals surface area (Å²) in [5, 5.41) is 8.30. The highest BCUT2D eigenvalue weighted by Crippen LogP contribution is 2.21. The zero-order valence-electron chi connectivity index (χ0n) is 11.2. The number of hydrogen-bond donors (Lipinski definition) is 0. The van der Waals surface area contributed by atoms with E-state index >= 15 is 0 Å². The predicted octanol–water partition coefficient (Wildman–Crippen LogP) is 2.67. The Morgan fingerprint density at radius 1 is 1.42 bits per heavy atom. The van der Waals surface area contributed by atoms with Crippen LogP contribution in [0.25, 0.3) is 11.5 Å². The van der Waals surface area contributed by atoms with Gasteiger partial charge in [0.05, 0.1) is 18.8 Å². The lowest BCUT2D eigenvalue weighted by atomic mass is 10.2. The smallest absolute Gasteiger partial charge is 0.156 e. The van der Waals surface area contributed by atoms with E-state index in [4.69, 9.17) is 9.15 Å². The molecule has 0 unspecified atom stereocenters. The number of furan rings is 1. The van der Waals surface area contributed by atoms with Gasteiger partial charge in [-0.15, -0.1) is 5.10 Å². The van der Waals surface area contributed by atoms with Crippen LogP contribution in [0.3, 0.4) is 0 Å². The maximum atomic E-state index is 5.75. The zero-order chi connectivity index (χ0) is 13.1. The standard InChI is InChI=1S/C14H19N3O2/c1-2-4-11-6-7-14(19-11)13-10-17(16-15-13)9-12-5-3-8-18-12/h6-7,10,12H,2-5,8-9H2,1H3/t12-/m1/s1. The number of aryl methyl sites for hydroxylation is 1. The first-order valence-corrected chi connectivity index (χ1v) is 6.96. The normalized spacial score (nSPS) is 19.1. The highest BCUT2D eigenvalue weighted by molar-refractivity contribution is 5.50. The van der Waals surface area contributed by atoms with E-state index in [1.165, 1.54) is 0 Å². The zero-order valence-corrected chi connectivity index (χ0v) is 11.2. The van der Waals surface area contributed by atoms with Gasteiger partial charge in [0, 0.05) is 13.0 Å². The van der Waals surface area contributed by atoms with E-state index in [-0.39, 0.29) is 6.10 Å². The van der Waals surface area contributed by atoms with Crippen LogP contribution in [0, 0.1) is 0 Å². The Labute approximate surface area is 112 Å². The maximum absolute atomic E-state index is 5.75. The molecule has 5 heteroatoms. The maximum Gasteiger partial charge on any atom is 0.156 e. The van der Waals surface area contributed by atoms with E-state index in [0.29, 0.717) is 0 Å². The quantitative estimate of drug-likeness (QED) is 0.830. The Bertz CT molecular complexity index is 526. The van der Waals surface area contributed by atoms with Crippen molar-refractivity contribution in [3.05, 3.63) is 24.1 Å². The minimum Gasteiger partial charge on any atom is -0.459 e. The number of rotatable bonds is 5. The Balaban J connectivity index is 1.68. The van der Waals surface area contributed by atoms with Crippen LogP contribution in [-0.2, 0) is 17.7 Å². The second-order valence-electron chi connectivity index (χ2n) is 4.98. The number of nitrogens with zero attached hydrogens (tertiary/aromatic N) is 3. The van der Waals surface area contributed by atoms with Gasteiger partial charge in [0.15, 0.2) is 5.76 Å². The van der Waals surface area contributed by atoms with Gasteiger partial charge in [0.2, 0.25) is 0 Å². The minimum atomic E-state index is 0.279. The molecule has 2 aromatic heterocycles. The molecule has 3 heterocycles. The summed E-state index contributed by atoms with van der Waals surface area (Å²) in [5.41, 5.74) is 0.792. The average Bonchev–Trinajstić information content (AvgIpc) is 3.10. The summed E-state index contributed by atoms with van der Waals surface area (Å²) in [4.78, 5) is 0. The predicted molar refractivity (Wildman–Crippen MR) is 70.7 cm³/mol.